The van der Waals surface area contributed by atoms with Crippen LogP contribution in [0.5, 0.6) is 0 Å². The van der Waals surface area contributed by atoms with Crippen molar-refractivity contribution in [2.45, 2.75) is 61.8 Å². The van der Waals surface area contributed by atoms with Crippen molar-refractivity contribution in [1.82, 2.24) is 14.8 Å². The number of hydrogen-bond donors (Lipinski definition) is 0. The first kappa shape index (κ1) is 17.7. The van der Waals surface area contributed by atoms with E-state index in [-0.39, 0.29) is 5.41 Å². The molecule has 4 heteroatoms. The second-order valence-electron chi connectivity index (χ2n) is 7.76. The molecular formula is C21H29N3O. The molecule has 2 aromatic rings. The van der Waals surface area contributed by atoms with Gasteiger partial charge >= 0.3 is 0 Å². The molecule has 0 N–H and O–H groups in total. The first-order valence-corrected chi connectivity index (χ1v) is 9.05. The minimum absolute atomic E-state index is 0.0131. The Morgan fingerprint density at radius 1 is 1.00 bits per heavy atom. The molecule has 0 saturated carbocycles. The van der Waals surface area contributed by atoms with E-state index in [0.717, 1.165) is 23.6 Å². The van der Waals surface area contributed by atoms with Crippen molar-refractivity contribution in [2.75, 3.05) is 6.61 Å². The summed E-state index contributed by atoms with van der Waals surface area (Å²) in [6, 6.07) is 0. The van der Waals surface area contributed by atoms with Crippen molar-refractivity contribution in [3.8, 4) is 0 Å². The number of ether oxygens (including phenoxy) is 1. The van der Waals surface area contributed by atoms with E-state index >= 15 is 0 Å². The van der Waals surface area contributed by atoms with Crippen LogP contribution in [0.3, 0.4) is 0 Å². The van der Waals surface area contributed by atoms with Gasteiger partial charge in [-0.15, -0.1) is 0 Å². The molecule has 0 saturated heterocycles. The topological polar surface area (TPSA) is 39.9 Å². The molecule has 0 radical (unpaired) electrons. The van der Waals surface area contributed by atoms with Gasteiger partial charge < -0.3 is 9.30 Å². The first-order valence-electron chi connectivity index (χ1n) is 9.05. The zero-order valence-corrected chi connectivity index (χ0v) is 16.7. The third-order valence-electron chi connectivity index (χ3n) is 5.37. The maximum Gasteiger partial charge on any atom is 0.102 e. The van der Waals surface area contributed by atoms with E-state index in [0.29, 0.717) is 6.61 Å². The maximum absolute atomic E-state index is 5.91. The van der Waals surface area contributed by atoms with Gasteiger partial charge in [0.25, 0.3) is 0 Å². The molecule has 0 atom stereocenters. The zero-order chi connectivity index (χ0) is 18.5. The predicted octanol–water partition coefficient (Wildman–Crippen LogP) is 5.25. The first-order chi connectivity index (χ1) is 11.7. The predicted molar refractivity (Wildman–Crippen MR) is 103 cm³/mol. The third-order valence-corrected chi connectivity index (χ3v) is 5.37. The number of aryl methyl sites for hydroxylation is 4. The van der Waals surface area contributed by atoms with Crippen LogP contribution in [0.15, 0.2) is 17.4 Å². The van der Waals surface area contributed by atoms with Crippen molar-refractivity contribution in [3.05, 3.63) is 40.2 Å². The number of allylic oxidation sites excluding steroid dienone is 4. The molecule has 2 heterocycles. The Morgan fingerprint density at radius 2 is 1.52 bits per heavy atom. The molecule has 0 spiro atoms. The van der Waals surface area contributed by atoms with Gasteiger partial charge in [0.05, 0.1) is 18.0 Å². The molecule has 4 nitrogen and oxygen atoms in total. The highest BCUT2D eigenvalue weighted by atomic mass is 16.5. The van der Waals surface area contributed by atoms with E-state index in [1.54, 1.807) is 0 Å². The Morgan fingerprint density at radius 3 is 2.00 bits per heavy atom. The summed E-state index contributed by atoms with van der Waals surface area (Å²) in [6.45, 7) is 17.9. The quantitative estimate of drug-likeness (QED) is 0.767. The lowest BCUT2D eigenvalue weighted by Crippen LogP contribution is -2.24. The standard InChI is InChI=1S/C21H29N3O/c1-9-25-18-10-12(2)17(11-21(18,7)8)24-15(5)19-13(3)22-23-14(4)20(19)16(24)6/h10H,9,11H2,1-8H3. The molecule has 0 aliphatic heterocycles. The molecule has 0 amide bonds. The summed E-state index contributed by atoms with van der Waals surface area (Å²) in [5, 5.41) is 11.2. The van der Waals surface area contributed by atoms with Gasteiger partial charge in [-0.3, -0.25) is 0 Å². The highest BCUT2D eigenvalue weighted by molar-refractivity contribution is 5.93. The van der Waals surface area contributed by atoms with Crippen molar-refractivity contribution >= 4 is 16.5 Å². The Hall–Kier alpha value is -2.10. The highest BCUT2D eigenvalue weighted by Crippen LogP contribution is 2.44. The van der Waals surface area contributed by atoms with Crippen molar-refractivity contribution in [2.24, 2.45) is 5.41 Å². The number of rotatable bonds is 3. The highest BCUT2D eigenvalue weighted by Gasteiger charge is 2.32. The average molecular weight is 339 g/mol. The maximum atomic E-state index is 5.91. The molecule has 0 fully saturated rings. The summed E-state index contributed by atoms with van der Waals surface area (Å²) < 4.78 is 8.32. The minimum Gasteiger partial charge on any atom is -0.498 e. The molecule has 0 aromatic carbocycles. The summed E-state index contributed by atoms with van der Waals surface area (Å²) >= 11 is 0. The van der Waals surface area contributed by atoms with Crippen LogP contribution in [-0.2, 0) is 4.74 Å². The van der Waals surface area contributed by atoms with Gasteiger partial charge in [0.15, 0.2) is 0 Å². The molecule has 3 rings (SSSR count). The molecule has 1 aliphatic carbocycles. The van der Waals surface area contributed by atoms with Gasteiger partial charge in [-0.25, -0.2) is 0 Å². The fourth-order valence-electron chi connectivity index (χ4n) is 4.15. The summed E-state index contributed by atoms with van der Waals surface area (Å²) in [5.74, 6) is 1.08. The van der Waals surface area contributed by atoms with Gasteiger partial charge in [-0.2, -0.15) is 10.2 Å². The molecule has 1 aliphatic rings. The SMILES string of the molecule is CCOC1=CC(C)=C(n2c(C)c3c(C)nnc(C)c3c2C)CC1(C)C. The molecule has 134 valence electrons. The van der Waals surface area contributed by atoms with Crippen molar-refractivity contribution in [3.63, 3.8) is 0 Å². The van der Waals surface area contributed by atoms with Crippen LogP contribution < -0.4 is 0 Å². The Balaban J connectivity index is 2.29. The molecule has 0 bridgehead atoms. The third kappa shape index (κ3) is 2.68. The second-order valence-corrected chi connectivity index (χ2v) is 7.76. The molecule has 0 unspecified atom stereocenters. The monoisotopic (exact) mass is 339 g/mol. The number of nitrogens with zero attached hydrogens (tertiary/aromatic N) is 3. The number of aromatic nitrogens is 3. The van der Waals surface area contributed by atoms with E-state index in [9.17, 15) is 0 Å². The fourth-order valence-corrected chi connectivity index (χ4v) is 4.15. The summed E-state index contributed by atoms with van der Waals surface area (Å²) in [7, 11) is 0. The lowest BCUT2D eigenvalue weighted by molar-refractivity contribution is 0.153. The smallest absolute Gasteiger partial charge is 0.102 e. The van der Waals surface area contributed by atoms with E-state index in [4.69, 9.17) is 4.74 Å². The second kappa shape index (κ2) is 6.01. The van der Waals surface area contributed by atoms with Gasteiger partial charge in [-0.05, 0) is 53.2 Å². The van der Waals surface area contributed by atoms with Crippen LogP contribution in [0.2, 0.25) is 0 Å². The van der Waals surface area contributed by atoms with E-state index < -0.39 is 0 Å². The van der Waals surface area contributed by atoms with Crippen molar-refractivity contribution < 1.29 is 4.74 Å². The van der Waals surface area contributed by atoms with Gasteiger partial charge in [0, 0.05) is 39.7 Å². The van der Waals surface area contributed by atoms with E-state index in [1.165, 1.54) is 33.4 Å². The van der Waals surface area contributed by atoms with Crippen LogP contribution >= 0.6 is 0 Å². The lowest BCUT2D eigenvalue weighted by Gasteiger charge is -2.34. The van der Waals surface area contributed by atoms with Crippen LogP contribution in [0.25, 0.3) is 16.5 Å². The van der Waals surface area contributed by atoms with Crippen LogP contribution in [0.1, 0.15) is 56.9 Å². The van der Waals surface area contributed by atoms with Crippen LogP contribution in [0.4, 0.5) is 0 Å². The molecular weight excluding hydrogens is 310 g/mol. The van der Waals surface area contributed by atoms with E-state index in [2.05, 4.69) is 55.5 Å². The Kier molecular flexibility index (Phi) is 4.26. The van der Waals surface area contributed by atoms with Gasteiger partial charge in [0.1, 0.15) is 5.76 Å². The lowest BCUT2D eigenvalue weighted by atomic mass is 9.80. The summed E-state index contributed by atoms with van der Waals surface area (Å²) in [6.07, 6.45) is 3.16. The largest absolute Gasteiger partial charge is 0.498 e. The fraction of sp³-hybridized carbons (Fsp3) is 0.524. The van der Waals surface area contributed by atoms with Gasteiger partial charge in [0.2, 0.25) is 0 Å². The normalized spacial score (nSPS) is 17.2. The Bertz CT molecular complexity index is 868. The van der Waals surface area contributed by atoms with Crippen LogP contribution in [-0.4, -0.2) is 21.4 Å². The molecule has 2 aromatic heterocycles. The average Bonchev–Trinajstić information content (AvgIpc) is 2.80. The molecule has 25 heavy (non-hydrogen) atoms. The minimum atomic E-state index is -0.0131. The number of hydrogen-bond acceptors (Lipinski definition) is 3. The van der Waals surface area contributed by atoms with Crippen molar-refractivity contribution in [1.29, 1.82) is 0 Å². The van der Waals surface area contributed by atoms with Gasteiger partial charge in [-0.1, -0.05) is 13.8 Å². The van der Waals surface area contributed by atoms with E-state index in [1.807, 2.05) is 20.8 Å². The van der Waals surface area contributed by atoms with Crippen LogP contribution in [0, 0.1) is 33.1 Å². The summed E-state index contributed by atoms with van der Waals surface area (Å²) in [4.78, 5) is 0. The Labute approximate surface area is 150 Å². The number of fused-ring (bicyclic) bond motifs is 1. The zero-order valence-electron chi connectivity index (χ0n) is 16.7. The summed E-state index contributed by atoms with van der Waals surface area (Å²) in [5.41, 5.74) is 7.10.